The summed E-state index contributed by atoms with van der Waals surface area (Å²) in [5, 5.41) is 2.21. The van der Waals surface area contributed by atoms with E-state index in [1.807, 2.05) is 12.1 Å². The summed E-state index contributed by atoms with van der Waals surface area (Å²) in [6.07, 6.45) is 3.08. The Morgan fingerprint density at radius 1 is 1.00 bits per heavy atom. The van der Waals surface area contributed by atoms with Crippen molar-refractivity contribution < 1.29 is 9.47 Å². The molecule has 0 saturated carbocycles. The van der Waals surface area contributed by atoms with Gasteiger partial charge in [0.15, 0.2) is 0 Å². The van der Waals surface area contributed by atoms with Crippen LogP contribution in [0.3, 0.4) is 0 Å². The molecule has 0 aliphatic carbocycles. The molecule has 0 aliphatic heterocycles. The minimum Gasteiger partial charge on any atom is -0.496 e. The summed E-state index contributed by atoms with van der Waals surface area (Å²) in [5.41, 5.74) is 3.66. The van der Waals surface area contributed by atoms with Gasteiger partial charge in [-0.15, -0.1) is 0 Å². The maximum absolute atomic E-state index is 5.69. The van der Waals surface area contributed by atoms with E-state index >= 15 is 0 Å². The third kappa shape index (κ3) is 2.51. The highest BCUT2D eigenvalue weighted by atomic mass is 16.5. The fraction of sp³-hybridized carbons (Fsp3) is 0.333. The Labute approximate surface area is 121 Å². The molecule has 0 atom stereocenters. The van der Waals surface area contributed by atoms with Crippen LogP contribution in [0.4, 0.5) is 0 Å². The Kier molecular flexibility index (Phi) is 4.33. The van der Waals surface area contributed by atoms with Gasteiger partial charge in [-0.1, -0.05) is 35.9 Å². The average molecular weight is 270 g/mol. The molecule has 106 valence electrons. The molecule has 0 aliphatic rings. The maximum atomic E-state index is 5.69. The lowest BCUT2D eigenvalue weighted by Crippen LogP contribution is -2.00. The number of hydrogen-bond acceptors (Lipinski definition) is 2. The minimum absolute atomic E-state index is 0.860. The van der Waals surface area contributed by atoms with Gasteiger partial charge in [0.05, 0.1) is 14.2 Å². The van der Waals surface area contributed by atoms with Crippen molar-refractivity contribution in [2.24, 2.45) is 0 Å². The van der Waals surface area contributed by atoms with Crippen molar-refractivity contribution in [1.29, 1.82) is 0 Å². The Hall–Kier alpha value is -1.96. The van der Waals surface area contributed by atoms with Gasteiger partial charge in [0.25, 0.3) is 0 Å². The number of hydrogen-bond donors (Lipinski definition) is 0. The largest absolute Gasteiger partial charge is 0.496 e. The molecule has 0 heterocycles. The van der Waals surface area contributed by atoms with Crippen LogP contribution in [-0.4, -0.2) is 14.2 Å². The van der Waals surface area contributed by atoms with E-state index in [1.54, 1.807) is 14.2 Å². The predicted octanol–water partition coefficient (Wildman–Crippen LogP) is 4.67. The van der Waals surface area contributed by atoms with Crippen LogP contribution < -0.4 is 9.47 Å². The van der Waals surface area contributed by atoms with E-state index in [4.69, 9.17) is 9.47 Å². The van der Waals surface area contributed by atoms with Crippen molar-refractivity contribution in [3.8, 4) is 11.5 Å². The first-order chi connectivity index (χ1) is 9.60. The van der Waals surface area contributed by atoms with E-state index in [0.29, 0.717) is 0 Å². The third-order valence-electron chi connectivity index (χ3n) is 3.61. The van der Waals surface area contributed by atoms with Gasteiger partial charge in [-0.2, -0.15) is 0 Å². The molecule has 0 N–H and O–H groups in total. The third-order valence-corrected chi connectivity index (χ3v) is 3.61. The Morgan fingerprint density at radius 2 is 1.55 bits per heavy atom. The van der Waals surface area contributed by atoms with Gasteiger partial charge in [-0.3, -0.25) is 0 Å². The van der Waals surface area contributed by atoms with Gasteiger partial charge in [-0.25, -0.2) is 0 Å². The molecule has 20 heavy (non-hydrogen) atoms. The quantitative estimate of drug-likeness (QED) is 0.751. The number of allylic oxidation sites excluding steroid dienone is 2. The molecule has 0 fully saturated rings. The summed E-state index contributed by atoms with van der Waals surface area (Å²) in [6, 6.07) is 8.22. The molecule has 2 nitrogen and oxygen atoms in total. The second-order valence-electron chi connectivity index (χ2n) is 5.20. The molecule has 0 unspecified atom stereocenters. The van der Waals surface area contributed by atoms with Gasteiger partial charge >= 0.3 is 0 Å². The number of ether oxygens (including phenoxy) is 2. The van der Waals surface area contributed by atoms with E-state index in [1.165, 1.54) is 11.1 Å². The van der Waals surface area contributed by atoms with Crippen molar-refractivity contribution in [1.82, 2.24) is 0 Å². The average Bonchev–Trinajstić information content (AvgIpc) is 2.44. The molecule has 0 bridgehead atoms. The SMILES string of the molecule is COc1c(C)c(CC=C(C)C)c(OC)c2ccccc12. The van der Waals surface area contributed by atoms with Crippen molar-refractivity contribution in [3.05, 3.63) is 47.0 Å². The Bertz CT molecular complexity index is 650. The molecule has 2 aromatic carbocycles. The smallest absolute Gasteiger partial charge is 0.130 e. The van der Waals surface area contributed by atoms with E-state index in [9.17, 15) is 0 Å². The molecular formula is C18H22O2. The lowest BCUT2D eigenvalue weighted by Gasteiger charge is -2.18. The molecule has 0 radical (unpaired) electrons. The maximum Gasteiger partial charge on any atom is 0.130 e. The molecule has 0 saturated heterocycles. The summed E-state index contributed by atoms with van der Waals surface area (Å²) in [4.78, 5) is 0. The highest BCUT2D eigenvalue weighted by molar-refractivity contribution is 5.96. The number of benzene rings is 2. The lowest BCUT2D eigenvalue weighted by atomic mass is 9.96. The van der Waals surface area contributed by atoms with Crippen LogP contribution in [-0.2, 0) is 6.42 Å². The van der Waals surface area contributed by atoms with Gasteiger partial charge in [0, 0.05) is 16.3 Å². The molecular weight excluding hydrogens is 248 g/mol. The van der Waals surface area contributed by atoms with Crippen LogP contribution in [0.2, 0.25) is 0 Å². The van der Waals surface area contributed by atoms with Crippen molar-refractivity contribution in [2.75, 3.05) is 14.2 Å². The van der Waals surface area contributed by atoms with Crippen LogP contribution >= 0.6 is 0 Å². The first kappa shape index (κ1) is 14.4. The van der Waals surface area contributed by atoms with E-state index in [-0.39, 0.29) is 0 Å². The number of methoxy groups -OCH3 is 2. The topological polar surface area (TPSA) is 18.5 Å². The van der Waals surface area contributed by atoms with Crippen molar-refractivity contribution in [2.45, 2.75) is 27.2 Å². The standard InChI is InChI=1S/C18H22O2/c1-12(2)10-11-14-13(3)17(19-4)15-8-6-7-9-16(15)18(14)20-5/h6-10H,11H2,1-5H3. The molecule has 0 amide bonds. The highest BCUT2D eigenvalue weighted by Gasteiger charge is 2.16. The van der Waals surface area contributed by atoms with Crippen LogP contribution in [0.5, 0.6) is 11.5 Å². The minimum atomic E-state index is 0.860. The second-order valence-corrected chi connectivity index (χ2v) is 5.20. The van der Waals surface area contributed by atoms with E-state index in [0.717, 1.165) is 34.3 Å². The van der Waals surface area contributed by atoms with Crippen LogP contribution in [0, 0.1) is 6.92 Å². The first-order valence-electron chi connectivity index (χ1n) is 6.85. The van der Waals surface area contributed by atoms with Crippen LogP contribution in [0.15, 0.2) is 35.9 Å². The summed E-state index contributed by atoms with van der Waals surface area (Å²) in [6.45, 7) is 6.32. The zero-order valence-corrected chi connectivity index (χ0v) is 12.9. The summed E-state index contributed by atoms with van der Waals surface area (Å²) < 4.78 is 11.3. The van der Waals surface area contributed by atoms with Gasteiger partial charge in [0.1, 0.15) is 11.5 Å². The zero-order chi connectivity index (χ0) is 14.7. The predicted molar refractivity (Wildman–Crippen MR) is 84.9 cm³/mol. The van der Waals surface area contributed by atoms with E-state index in [2.05, 4.69) is 39.0 Å². The molecule has 2 aromatic rings. The van der Waals surface area contributed by atoms with E-state index < -0.39 is 0 Å². The highest BCUT2D eigenvalue weighted by Crippen LogP contribution is 2.40. The fourth-order valence-electron chi connectivity index (χ4n) is 2.60. The van der Waals surface area contributed by atoms with Gasteiger partial charge in [-0.05, 0) is 32.8 Å². The fourth-order valence-corrected chi connectivity index (χ4v) is 2.60. The number of fused-ring (bicyclic) bond motifs is 1. The molecule has 0 spiro atoms. The second kappa shape index (κ2) is 6.00. The first-order valence-corrected chi connectivity index (χ1v) is 6.85. The molecule has 0 aromatic heterocycles. The van der Waals surface area contributed by atoms with Crippen molar-refractivity contribution >= 4 is 10.8 Å². The van der Waals surface area contributed by atoms with Crippen molar-refractivity contribution in [3.63, 3.8) is 0 Å². The van der Waals surface area contributed by atoms with Gasteiger partial charge < -0.3 is 9.47 Å². The normalized spacial score (nSPS) is 10.4. The molecule has 2 heteroatoms. The Balaban J connectivity index is 2.78. The lowest BCUT2D eigenvalue weighted by molar-refractivity contribution is 0.404. The van der Waals surface area contributed by atoms with Gasteiger partial charge in [0.2, 0.25) is 0 Å². The van der Waals surface area contributed by atoms with Crippen LogP contribution in [0.1, 0.15) is 25.0 Å². The molecule has 2 rings (SSSR count). The zero-order valence-electron chi connectivity index (χ0n) is 12.9. The number of rotatable bonds is 4. The summed E-state index contributed by atoms with van der Waals surface area (Å²) in [7, 11) is 3.46. The summed E-state index contributed by atoms with van der Waals surface area (Å²) >= 11 is 0. The summed E-state index contributed by atoms with van der Waals surface area (Å²) in [5.74, 6) is 1.90. The monoisotopic (exact) mass is 270 g/mol. The Morgan fingerprint density at radius 3 is 2.05 bits per heavy atom. The van der Waals surface area contributed by atoms with Crippen LogP contribution in [0.25, 0.3) is 10.8 Å².